The van der Waals surface area contributed by atoms with Crippen molar-refractivity contribution in [1.82, 2.24) is 9.80 Å². The molecule has 0 spiro atoms. The second-order valence-electron chi connectivity index (χ2n) is 6.05. The summed E-state index contributed by atoms with van der Waals surface area (Å²) in [6, 6.07) is 12.4. The highest BCUT2D eigenvalue weighted by Crippen LogP contribution is 2.17. The average Bonchev–Trinajstić information content (AvgIpc) is 3.17. The van der Waals surface area contributed by atoms with E-state index >= 15 is 0 Å². The van der Waals surface area contributed by atoms with Gasteiger partial charge in [0.15, 0.2) is 5.76 Å². The third-order valence-corrected chi connectivity index (χ3v) is 5.59. The molecule has 1 aromatic carbocycles. The molecule has 2 aromatic rings. The van der Waals surface area contributed by atoms with Crippen molar-refractivity contribution >= 4 is 22.8 Å². The van der Waals surface area contributed by atoms with Crippen molar-refractivity contribution in [3.63, 3.8) is 0 Å². The van der Waals surface area contributed by atoms with Crippen LogP contribution in [0.25, 0.3) is 0 Å². The molecule has 144 valence electrons. The molecule has 1 aliphatic rings. The smallest absolute Gasteiger partial charge is 0.409 e. The first-order valence-electron chi connectivity index (χ1n) is 8.81. The molecule has 0 unspecified atom stereocenters. The molecule has 0 aliphatic carbocycles. The molecule has 1 atom stereocenters. The summed E-state index contributed by atoms with van der Waals surface area (Å²) in [5.41, 5.74) is 0. The van der Waals surface area contributed by atoms with Gasteiger partial charge in [0, 0.05) is 31.1 Å². The molecule has 1 aromatic heterocycles. The molecule has 1 fully saturated rings. The van der Waals surface area contributed by atoms with Gasteiger partial charge in [0.05, 0.1) is 23.2 Å². The molecule has 0 radical (unpaired) electrons. The molecule has 0 saturated carbocycles. The predicted octanol–water partition coefficient (Wildman–Crippen LogP) is 2.50. The molecule has 8 heteroatoms. The van der Waals surface area contributed by atoms with Gasteiger partial charge < -0.3 is 19.0 Å². The minimum Gasteiger partial charge on any atom is -0.455 e. The van der Waals surface area contributed by atoms with Crippen LogP contribution < -0.4 is 0 Å². The molecule has 1 saturated heterocycles. The summed E-state index contributed by atoms with van der Waals surface area (Å²) < 4.78 is 22.9. The largest absolute Gasteiger partial charge is 0.455 e. The molecule has 1 aliphatic heterocycles. The van der Waals surface area contributed by atoms with E-state index in [0.29, 0.717) is 38.5 Å². The first kappa shape index (κ1) is 19.2. The minimum absolute atomic E-state index is 0.216. The van der Waals surface area contributed by atoms with Crippen molar-refractivity contribution in [2.24, 2.45) is 0 Å². The van der Waals surface area contributed by atoms with Crippen molar-refractivity contribution in [1.29, 1.82) is 0 Å². The molecule has 2 amide bonds. The maximum absolute atomic E-state index is 12.6. The van der Waals surface area contributed by atoms with Crippen LogP contribution in [0.1, 0.15) is 23.2 Å². The lowest BCUT2D eigenvalue weighted by molar-refractivity contribution is 0.0545. The van der Waals surface area contributed by atoms with Crippen molar-refractivity contribution in [3.8, 4) is 0 Å². The van der Waals surface area contributed by atoms with Crippen LogP contribution in [0.3, 0.4) is 0 Å². The van der Waals surface area contributed by atoms with Gasteiger partial charge in [0.2, 0.25) is 0 Å². The highest BCUT2D eigenvalue weighted by molar-refractivity contribution is 7.84. The number of furan rings is 1. The fourth-order valence-electron chi connectivity index (χ4n) is 2.82. The summed E-state index contributed by atoms with van der Waals surface area (Å²) in [6.45, 7) is 3.79. The SMILES string of the molecule is CCOC(=O)N1CCN(C(=O)c2ccc(C[S@](=O)c3ccccc3)o2)CC1. The molecule has 2 heterocycles. The summed E-state index contributed by atoms with van der Waals surface area (Å²) in [4.78, 5) is 28.3. The van der Waals surface area contributed by atoms with Gasteiger partial charge in [-0.3, -0.25) is 9.00 Å². The Kier molecular flexibility index (Phi) is 6.28. The number of hydrogen-bond acceptors (Lipinski definition) is 5. The van der Waals surface area contributed by atoms with E-state index < -0.39 is 10.8 Å². The van der Waals surface area contributed by atoms with E-state index in [1.165, 1.54) is 0 Å². The summed E-state index contributed by atoms with van der Waals surface area (Å²) >= 11 is 0. The summed E-state index contributed by atoms with van der Waals surface area (Å²) in [5, 5.41) is 0. The van der Waals surface area contributed by atoms with Crippen LogP contribution in [0.5, 0.6) is 0 Å². The number of hydrogen-bond donors (Lipinski definition) is 0. The highest BCUT2D eigenvalue weighted by atomic mass is 32.2. The number of carbonyl (C=O) groups excluding carboxylic acids is 2. The Morgan fingerprint density at radius 2 is 1.70 bits per heavy atom. The number of rotatable bonds is 5. The highest BCUT2D eigenvalue weighted by Gasteiger charge is 2.27. The third-order valence-electron chi connectivity index (χ3n) is 4.24. The Labute approximate surface area is 160 Å². The standard InChI is InChI=1S/C19H22N2O5S/c1-2-25-19(23)21-12-10-20(11-13-21)18(22)17-9-8-15(26-17)14-27(24)16-6-4-3-5-7-16/h3-9H,2,10-14H2,1H3/t27-/m0/s1. The van der Waals surface area contributed by atoms with Crippen molar-refractivity contribution in [2.75, 3.05) is 32.8 Å². The van der Waals surface area contributed by atoms with Crippen LogP contribution in [-0.4, -0.2) is 58.8 Å². The number of carbonyl (C=O) groups is 2. The molecule has 0 N–H and O–H groups in total. The number of nitrogens with zero attached hydrogens (tertiary/aromatic N) is 2. The van der Waals surface area contributed by atoms with Gasteiger partial charge in [-0.2, -0.15) is 0 Å². The van der Waals surface area contributed by atoms with Crippen LogP contribution in [-0.2, 0) is 21.3 Å². The van der Waals surface area contributed by atoms with E-state index in [0.717, 1.165) is 4.90 Å². The molecular formula is C19H22N2O5S. The molecule has 7 nitrogen and oxygen atoms in total. The molecule has 3 rings (SSSR count). The normalized spacial score (nSPS) is 15.4. The fourth-order valence-corrected chi connectivity index (χ4v) is 3.86. The number of benzene rings is 1. The van der Waals surface area contributed by atoms with Gasteiger partial charge in [-0.05, 0) is 31.2 Å². The zero-order valence-corrected chi connectivity index (χ0v) is 15.9. The van der Waals surface area contributed by atoms with Gasteiger partial charge >= 0.3 is 6.09 Å². The van der Waals surface area contributed by atoms with Gasteiger partial charge in [-0.25, -0.2) is 4.79 Å². The van der Waals surface area contributed by atoms with Gasteiger partial charge in [0.1, 0.15) is 5.76 Å². The topological polar surface area (TPSA) is 80.1 Å². The second-order valence-corrected chi connectivity index (χ2v) is 7.50. The monoisotopic (exact) mass is 390 g/mol. The lowest BCUT2D eigenvalue weighted by Gasteiger charge is -2.33. The summed E-state index contributed by atoms with van der Waals surface area (Å²) in [7, 11) is -1.23. The van der Waals surface area contributed by atoms with E-state index in [4.69, 9.17) is 9.15 Å². The first-order valence-corrected chi connectivity index (χ1v) is 10.1. The van der Waals surface area contributed by atoms with Crippen LogP contribution in [0, 0.1) is 0 Å². The van der Waals surface area contributed by atoms with Crippen LogP contribution in [0.4, 0.5) is 4.79 Å². The van der Waals surface area contributed by atoms with E-state index in [9.17, 15) is 13.8 Å². The average molecular weight is 390 g/mol. The Morgan fingerprint density at radius 3 is 2.37 bits per heavy atom. The maximum atomic E-state index is 12.6. The Balaban J connectivity index is 1.56. The second kappa shape index (κ2) is 8.85. The number of piperazine rings is 1. The van der Waals surface area contributed by atoms with Crippen LogP contribution in [0.15, 0.2) is 51.8 Å². The van der Waals surface area contributed by atoms with Crippen molar-refractivity contribution < 1.29 is 23.0 Å². The van der Waals surface area contributed by atoms with Gasteiger partial charge in [0.25, 0.3) is 5.91 Å². The van der Waals surface area contributed by atoms with Crippen LogP contribution in [0.2, 0.25) is 0 Å². The zero-order chi connectivity index (χ0) is 19.2. The molecule has 27 heavy (non-hydrogen) atoms. The van der Waals surface area contributed by atoms with Crippen molar-refractivity contribution in [2.45, 2.75) is 17.6 Å². The van der Waals surface area contributed by atoms with E-state index in [1.54, 1.807) is 41.0 Å². The fraction of sp³-hybridized carbons (Fsp3) is 0.368. The Bertz CT molecular complexity index is 813. The van der Waals surface area contributed by atoms with Gasteiger partial charge in [-0.15, -0.1) is 0 Å². The van der Waals surface area contributed by atoms with Crippen molar-refractivity contribution in [3.05, 3.63) is 54.0 Å². The third kappa shape index (κ3) is 4.77. The predicted molar refractivity (Wildman–Crippen MR) is 99.8 cm³/mol. The molecular weight excluding hydrogens is 368 g/mol. The quantitative estimate of drug-likeness (QED) is 0.784. The molecule has 0 bridgehead atoms. The zero-order valence-electron chi connectivity index (χ0n) is 15.1. The summed E-state index contributed by atoms with van der Waals surface area (Å²) in [6.07, 6.45) is -0.353. The van der Waals surface area contributed by atoms with Crippen LogP contribution >= 0.6 is 0 Å². The van der Waals surface area contributed by atoms with E-state index in [-0.39, 0.29) is 23.5 Å². The summed E-state index contributed by atoms with van der Waals surface area (Å²) in [5.74, 6) is 0.717. The first-order chi connectivity index (χ1) is 13.1. The Hall–Kier alpha value is -2.61. The lowest BCUT2D eigenvalue weighted by atomic mass is 10.3. The Morgan fingerprint density at radius 1 is 1.04 bits per heavy atom. The maximum Gasteiger partial charge on any atom is 0.409 e. The van der Waals surface area contributed by atoms with Gasteiger partial charge in [-0.1, -0.05) is 18.2 Å². The number of amides is 2. The lowest BCUT2D eigenvalue weighted by Crippen LogP contribution is -2.50. The number of ether oxygens (including phenoxy) is 1. The van der Waals surface area contributed by atoms with E-state index in [1.807, 2.05) is 18.2 Å². The minimum atomic E-state index is -1.23. The van der Waals surface area contributed by atoms with E-state index in [2.05, 4.69) is 0 Å².